The molecular formula is C11H17N3O2. The van der Waals surface area contributed by atoms with Gasteiger partial charge in [0, 0.05) is 19.4 Å². The van der Waals surface area contributed by atoms with Crippen molar-refractivity contribution in [1.82, 2.24) is 10.6 Å². The third-order valence-electron chi connectivity index (χ3n) is 2.74. The van der Waals surface area contributed by atoms with Gasteiger partial charge in [0.2, 0.25) is 11.8 Å². The summed E-state index contributed by atoms with van der Waals surface area (Å²) in [5, 5.41) is 14.2. The molecule has 16 heavy (non-hydrogen) atoms. The van der Waals surface area contributed by atoms with E-state index in [9.17, 15) is 9.59 Å². The molecule has 1 rings (SSSR count). The first-order valence-corrected chi connectivity index (χ1v) is 5.58. The number of nitriles is 1. The molecule has 0 bridgehead atoms. The number of carbonyl (C=O) groups excluding carboxylic acids is 2. The van der Waals surface area contributed by atoms with Crippen molar-refractivity contribution < 1.29 is 9.59 Å². The van der Waals surface area contributed by atoms with E-state index in [2.05, 4.69) is 10.6 Å². The summed E-state index contributed by atoms with van der Waals surface area (Å²) in [7, 11) is 0. The zero-order chi connectivity index (χ0) is 12.0. The number of hydrogen-bond acceptors (Lipinski definition) is 3. The average Bonchev–Trinajstić information content (AvgIpc) is 2.25. The smallest absolute Gasteiger partial charge is 0.223 e. The Morgan fingerprint density at radius 2 is 2.50 bits per heavy atom. The lowest BCUT2D eigenvalue weighted by atomic mass is 9.92. The Labute approximate surface area is 95.2 Å². The van der Waals surface area contributed by atoms with Crippen LogP contribution in [0, 0.1) is 17.2 Å². The van der Waals surface area contributed by atoms with Crippen LogP contribution in [0.2, 0.25) is 0 Å². The SMILES string of the molecule is CC(=O)NC(C#N)CC[C@@H]1CCCNC1=O. The highest BCUT2D eigenvalue weighted by molar-refractivity contribution is 5.79. The van der Waals surface area contributed by atoms with Crippen LogP contribution in [0.4, 0.5) is 0 Å². The fourth-order valence-electron chi connectivity index (χ4n) is 1.89. The van der Waals surface area contributed by atoms with E-state index in [1.54, 1.807) is 0 Å². The molecule has 0 radical (unpaired) electrons. The molecule has 0 saturated carbocycles. The molecule has 0 spiro atoms. The predicted molar refractivity (Wildman–Crippen MR) is 58.2 cm³/mol. The molecule has 0 aromatic rings. The summed E-state index contributed by atoms with van der Waals surface area (Å²) in [6.07, 6.45) is 3.07. The molecule has 1 saturated heterocycles. The Hall–Kier alpha value is -1.57. The molecule has 1 fully saturated rings. The summed E-state index contributed by atoms with van der Waals surface area (Å²) >= 11 is 0. The van der Waals surface area contributed by atoms with E-state index in [1.807, 2.05) is 6.07 Å². The fourth-order valence-corrected chi connectivity index (χ4v) is 1.89. The van der Waals surface area contributed by atoms with Gasteiger partial charge in [-0.3, -0.25) is 9.59 Å². The van der Waals surface area contributed by atoms with E-state index >= 15 is 0 Å². The molecule has 5 nitrogen and oxygen atoms in total. The van der Waals surface area contributed by atoms with Crippen LogP contribution in [-0.2, 0) is 9.59 Å². The maximum atomic E-state index is 11.4. The molecule has 1 heterocycles. The standard InChI is InChI=1S/C11H17N3O2/c1-8(15)14-10(7-12)5-4-9-3-2-6-13-11(9)16/h9-10H,2-6H2,1H3,(H,13,16)(H,14,15)/t9-,10?/m0/s1. The Morgan fingerprint density at radius 3 is 3.06 bits per heavy atom. The molecule has 2 atom stereocenters. The molecule has 5 heteroatoms. The summed E-state index contributed by atoms with van der Waals surface area (Å²) in [6, 6.07) is 1.54. The highest BCUT2D eigenvalue weighted by Crippen LogP contribution is 2.18. The van der Waals surface area contributed by atoms with Gasteiger partial charge >= 0.3 is 0 Å². The van der Waals surface area contributed by atoms with Gasteiger partial charge in [-0.15, -0.1) is 0 Å². The minimum atomic E-state index is -0.479. The van der Waals surface area contributed by atoms with Gasteiger partial charge in [0.1, 0.15) is 6.04 Å². The van der Waals surface area contributed by atoms with Crippen LogP contribution in [0.25, 0.3) is 0 Å². The lowest BCUT2D eigenvalue weighted by molar-refractivity contribution is -0.126. The summed E-state index contributed by atoms with van der Waals surface area (Å²) in [5.41, 5.74) is 0. The highest BCUT2D eigenvalue weighted by atomic mass is 16.2. The molecule has 0 aliphatic carbocycles. The minimum Gasteiger partial charge on any atom is -0.356 e. The van der Waals surface area contributed by atoms with Gasteiger partial charge in [0.15, 0.2) is 0 Å². The second-order valence-corrected chi connectivity index (χ2v) is 4.09. The van der Waals surface area contributed by atoms with Crippen LogP contribution in [0.3, 0.4) is 0 Å². The molecule has 88 valence electrons. The zero-order valence-electron chi connectivity index (χ0n) is 9.45. The van der Waals surface area contributed by atoms with Crippen LogP contribution in [0.1, 0.15) is 32.6 Å². The number of nitrogens with one attached hydrogen (secondary N) is 2. The van der Waals surface area contributed by atoms with Crippen LogP contribution in [-0.4, -0.2) is 24.4 Å². The molecule has 2 N–H and O–H groups in total. The molecule has 0 aromatic heterocycles. The second kappa shape index (κ2) is 6.11. The second-order valence-electron chi connectivity index (χ2n) is 4.09. The number of nitrogens with zero attached hydrogens (tertiary/aromatic N) is 1. The Kier molecular flexibility index (Phi) is 4.77. The van der Waals surface area contributed by atoms with Gasteiger partial charge in [-0.25, -0.2) is 0 Å². The van der Waals surface area contributed by atoms with Gasteiger partial charge in [-0.1, -0.05) is 0 Å². The zero-order valence-corrected chi connectivity index (χ0v) is 9.45. The van der Waals surface area contributed by atoms with Gasteiger partial charge in [0.05, 0.1) is 6.07 Å². The van der Waals surface area contributed by atoms with E-state index < -0.39 is 6.04 Å². The van der Waals surface area contributed by atoms with Crippen molar-refractivity contribution in [2.45, 2.75) is 38.6 Å². The molecule has 1 aliphatic heterocycles. The largest absolute Gasteiger partial charge is 0.356 e. The van der Waals surface area contributed by atoms with E-state index in [0.717, 1.165) is 19.4 Å². The minimum absolute atomic E-state index is 0.00152. The first-order valence-electron chi connectivity index (χ1n) is 5.58. The monoisotopic (exact) mass is 223 g/mol. The Balaban J connectivity index is 2.34. The normalized spacial score (nSPS) is 21.8. The summed E-state index contributed by atoms with van der Waals surface area (Å²) < 4.78 is 0. The van der Waals surface area contributed by atoms with Crippen LogP contribution in [0.15, 0.2) is 0 Å². The predicted octanol–water partition coefficient (Wildman–Crippen LogP) is 0.321. The number of amides is 2. The highest BCUT2D eigenvalue weighted by Gasteiger charge is 2.23. The first kappa shape index (κ1) is 12.5. The lowest BCUT2D eigenvalue weighted by Crippen LogP contribution is -2.38. The van der Waals surface area contributed by atoms with Crippen LogP contribution in [0.5, 0.6) is 0 Å². The van der Waals surface area contributed by atoms with Crippen molar-refractivity contribution in [3.05, 3.63) is 0 Å². The van der Waals surface area contributed by atoms with E-state index in [0.29, 0.717) is 12.8 Å². The van der Waals surface area contributed by atoms with Crippen LogP contribution >= 0.6 is 0 Å². The van der Waals surface area contributed by atoms with Gasteiger partial charge in [0.25, 0.3) is 0 Å². The molecule has 1 unspecified atom stereocenters. The summed E-state index contributed by atoms with van der Waals surface area (Å²) in [5.74, 6) is -0.135. The molecule has 1 aliphatic rings. The number of piperidine rings is 1. The topological polar surface area (TPSA) is 82.0 Å². The summed E-state index contributed by atoms with van der Waals surface area (Å²) in [6.45, 7) is 2.14. The Morgan fingerprint density at radius 1 is 1.75 bits per heavy atom. The van der Waals surface area contributed by atoms with E-state index in [1.165, 1.54) is 6.92 Å². The third-order valence-corrected chi connectivity index (χ3v) is 2.74. The average molecular weight is 223 g/mol. The van der Waals surface area contributed by atoms with E-state index in [-0.39, 0.29) is 17.7 Å². The van der Waals surface area contributed by atoms with Gasteiger partial charge < -0.3 is 10.6 Å². The maximum absolute atomic E-state index is 11.4. The van der Waals surface area contributed by atoms with Crippen molar-refractivity contribution in [3.8, 4) is 6.07 Å². The van der Waals surface area contributed by atoms with Crippen LogP contribution < -0.4 is 10.6 Å². The van der Waals surface area contributed by atoms with Crippen molar-refractivity contribution in [2.24, 2.45) is 5.92 Å². The number of hydrogen-bond donors (Lipinski definition) is 2. The molecule has 2 amide bonds. The van der Waals surface area contributed by atoms with Crippen molar-refractivity contribution in [1.29, 1.82) is 5.26 Å². The molecular weight excluding hydrogens is 206 g/mol. The third kappa shape index (κ3) is 3.89. The van der Waals surface area contributed by atoms with Crippen molar-refractivity contribution in [2.75, 3.05) is 6.54 Å². The number of carbonyl (C=O) groups is 2. The lowest BCUT2D eigenvalue weighted by Gasteiger charge is -2.22. The van der Waals surface area contributed by atoms with Crippen molar-refractivity contribution >= 4 is 11.8 Å². The van der Waals surface area contributed by atoms with Gasteiger partial charge in [-0.2, -0.15) is 5.26 Å². The van der Waals surface area contributed by atoms with Gasteiger partial charge in [-0.05, 0) is 25.7 Å². The fraction of sp³-hybridized carbons (Fsp3) is 0.727. The number of rotatable bonds is 4. The quantitative estimate of drug-likeness (QED) is 0.720. The first-order chi connectivity index (χ1) is 7.63. The Bertz CT molecular complexity index is 309. The van der Waals surface area contributed by atoms with E-state index in [4.69, 9.17) is 5.26 Å². The van der Waals surface area contributed by atoms with Crippen molar-refractivity contribution in [3.63, 3.8) is 0 Å². The summed E-state index contributed by atoms with van der Waals surface area (Å²) in [4.78, 5) is 22.2. The maximum Gasteiger partial charge on any atom is 0.223 e. The molecule has 0 aromatic carbocycles.